The summed E-state index contributed by atoms with van der Waals surface area (Å²) in [4.78, 5) is 0. The SMILES string of the molecule is O=S(=O)(O)OC(O)C(CO)CO. The van der Waals surface area contributed by atoms with Gasteiger partial charge in [0.2, 0.25) is 0 Å². The monoisotopic (exact) mass is 202 g/mol. The van der Waals surface area contributed by atoms with Gasteiger partial charge < -0.3 is 15.3 Å². The van der Waals surface area contributed by atoms with Crippen LogP contribution in [-0.4, -0.2) is 47.8 Å². The lowest BCUT2D eigenvalue weighted by atomic mass is 10.2. The highest BCUT2D eigenvalue weighted by Gasteiger charge is 2.23. The minimum atomic E-state index is -4.76. The van der Waals surface area contributed by atoms with Crippen molar-refractivity contribution in [2.75, 3.05) is 13.2 Å². The molecular formula is C4H10O7S. The third-order valence-corrected chi connectivity index (χ3v) is 1.53. The van der Waals surface area contributed by atoms with E-state index in [4.69, 9.17) is 19.9 Å². The lowest BCUT2D eigenvalue weighted by Crippen LogP contribution is -2.31. The van der Waals surface area contributed by atoms with Crippen molar-refractivity contribution in [1.82, 2.24) is 0 Å². The van der Waals surface area contributed by atoms with Gasteiger partial charge in [-0.1, -0.05) is 0 Å². The standard InChI is InChI=1S/C4H10O7S/c5-1-3(2-6)4(7)11-12(8,9)10/h3-7H,1-2H2,(H,8,9,10). The van der Waals surface area contributed by atoms with Gasteiger partial charge in [0, 0.05) is 0 Å². The van der Waals surface area contributed by atoms with Gasteiger partial charge in [0.25, 0.3) is 0 Å². The Morgan fingerprint density at radius 3 is 1.92 bits per heavy atom. The van der Waals surface area contributed by atoms with Crippen LogP contribution in [0.2, 0.25) is 0 Å². The molecule has 0 aromatic carbocycles. The van der Waals surface area contributed by atoms with Crippen LogP contribution in [0.15, 0.2) is 0 Å². The second-order valence-electron chi connectivity index (χ2n) is 2.04. The van der Waals surface area contributed by atoms with E-state index in [1.165, 1.54) is 0 Å². The lowest BCUT2D eigenvalue weighted by Gasteiger charge is -2.16. The van der Waals surface area contributed by atoms with Crippen LogP contribution in [0.25, 0.3) is 0 Å². The van der Waals surface area contributed by atoms with Crippen LogP contribution in [0.1, 0.15) is 0 Å². The highest BCUT2D eigenvalue weighted by molar-refractivity contribution is 7.80. The van der Waals surface area contributed by atoms with E-state index in [0.29, 0.717) is 0 Å². The topological polar surface area (TPSA) is 124 Å². The van der Waals surface area contributed by atoms with Crippen molar-refractivity contribution in [1.29, 1.82) is 0 Å². The molecule has 8 heteroatoms. The Kier molecular flexibility index (Phi) is 4.60. The van der Waals surface area contributed by atoms with Crippen molar-refractivity contribution in [3.63, 3.8) is 0 Å². The van der Waals surface area contributed by atoms with Crippen LogP contribution in [-0.2, 0) is 14.6 Å². The van der Waals surface area contributed by atoms with E-state index < -0.39 is 35.8 Å². The minimum Gasteiger partial charge on any atom is -0.396 e. The third-order valence-electron chi connectivity index (χ3n) is 1.09. The second kappa shape index (κ2) is 4.70. The van der Waals surface area contributed by atoms with Crippen LogP contribution in [0, 0.1) is 5.92 Å². The van der Waals surface area contributed by atoms with Crippen LogP contribution < -0.4 is 0 Å². The number of rotatable bonds is 5. The maximum absolute atomic E-state index is 9.99. The molecule has 7 nitrogen and oxygen atoms in total. The van der Waals surface area contributed by atoms with E-state index in [1.807, 2.05) is 0 Å². The number of aliphatic hydroxyl groups is 3. The zero-order valence-electron chi connectivity index (χ0n) is 5.99. The molecule has 12 heavy (non-hydrogen) atoms. The molecule has 0 radical (unpaired) electrons. The predicted octanol–water partition coefficient (Wildman–Crippen LogP) is -2.27. The summed E-state index contributed by atoms with van der Waals surface area (Å²) < 4.78 is 31.7. The average molecular weight is 202 g/mol. The highest BCUT2D eigenvalue weighted by atomic mass is 32.3. The quantitative estimate of drug-likeness (QED) is 0.292. The highest BCUT2D eigenvalue weighted by Crippen LogP contribution is 2.05. The number of hydrogen-bond acceptors (Lipinski definition) is 6. The summed E-state index contributed by atoms with van der Waals surface area (Å²) in [5, 5.41) is 25.6. The maximum atomic E-state index is 9.99. The van der Waals surface area contributed by atoms with Crippen LogP contribution in [0.3, 0.4) is 0 Å². The lowest BCUT2D eigenvalue weighted by molar-refractivity contribution is -0.0915. The first-order valence-electron chi connectivity index (χ1n) is 2.96. The maximum Gasteiger partial charge on any atom is 0.399 e. The van der Waals surface area contributed by atoms with Gasteiger partial charge >= 0.3 is 10.4 Å². The first-order chi connectivity index (χ1) is 5.40. The molecule has 0 fully saturated rings. The van der Waals surface area contributed by atoms with E-state index in [9.17, 15) is 8.42 Å². The molecule has 74 valence electrons. The fourth-order valence-electron chi connectivity index (χ4n) is 0.441. The van der Waals surface area contributed by atoms with Crippen molar-refractivity contribution in [2.45, 2.75) is 6.29 Å². The van der Waals surface area contributed by atoms with E-state index >= 15 is 0 Å². The van der Waals surface area contributed by atoms with E-state index in [0.717, 1.165) is 0 Å². The third kappa shape index (κ3) is 4.59. The number of hydrogen-bond donors (Lipinski definition) is 4. The van der Waals surface area contributed by atoms with Gasteiger partial charge in [-0.3, -0.25) is 4.55 Å². The van der Waals surface area contributed by atoms with Gasteiger partial charge in [-0.05, 0) is 0 Å². The molecule has 0 saturated carbocycles. The molecule has 0 heterocycles. The van der Waals surface area contributed by atoms with Crippen LogP contribution in [0.5, 0.6) is 0 Å². The van der Waals surface area contributed by atoms with Gasteiger partial charge in [-0.25, -0.2) is 4.18 Å². The molecule has 0 aromatic heterocycles. The molecule has 4 N–H and O–H groups in total. The summed E-state index contributed by atoms with van der Waals surface area (Å²) in [6.07, 6.45) is -1.95. The summed E-state index contributed by atoms with van der Waals surface area (Å²) >= 11 is 0. The first-order valence-corrected chi connectivity index (χ1v) is 4.32. The molecule has 1 unspecified atom stereocenters. The molecule has 0 aromatic rings. The van der Waals surface area contributed by atoms with Gasteiger partial charge in [0.1, 0.15) is 0 Å². The van der Waals surface area contributed by atoms with Gasteiger partial charge in [-0.2, -0.15) is 8.42 Å². The predicted molar refractivity (Wildman–Crippen MR) is 36.3 cm³/mol. The molecule has 0 aliphatic rings. The second-order valence-corrected chi connectivity index (χ2v) is 3.09. The zero-order chi connectivity index (χ0) is 9.78. The van der Waals surface area contributed by atoms with E-state index in [-0.39, 0.29) is 0 Å². The zero-order valence-corrected chi connectivity index (χ0v) is 6.81. The Morgan fingerprint density at radius 1 is 1.25 bits per heavy atom. The smallest absolute Gasteiger partial charge is 0.396 e. The molecule has 1 atom stereocenters. The molecule has 0 bridgehead atoms. The number of aliphatic hydroxyl groups excluding tert-OH is 3. The Bertz CT molecular complexity index is 205. The van der Waals surface area contributed by atoms with Crippen molar-refractivity contribution in [3.05, 3.63) is 0 Å². The Hall–Kier alpha value is -0.250. The molecule has 0 amide bonds. The van der Waals surface area contributed by atoms with Crippen LogP contribution >= 0.6 is 0 Å². The summed E-state index contributed by atoms with van der Waals surface area (Å²) in [7, 11) is -4.76. The molecule has 0 aliphatic heterocycles. The van der Waals surface area contributed by atoms with Crippen molar-refractivity contribution in [2.24, 2.45) is 5.92 Å². The normalized spacial score (nSPS) is 15.1. The molecular weight excluding hydrogens is 192 g/mol. The summed E-state index contributed by atoms with van der Waals surface area (Å²) in [6, 6.07) is 0. The Balaban J connectivity index is 4.10. The summed E-state index contributed by atoms with van der Waals surface area (Å²) in [5.41, 5.74) is 0. The minimum absolute atomic E-state index is 0.660. The van der Waals surface area contributed by atoms with Gasteiger partial charge in [-0.15, -0.1) is 0 Å². The Morgan fingerprint density at radius 2 is 1.67 bits per heavy atom. The fraction of sp³-hybridized carbons (Fsp3) is 1.00. The van der Waals surface area contributed by atoms with Gasteiger partial charge in [0.15, 0.2) is 6.29 Å². The largest absolute Gasteiger partial charge is 0.399 e. The molecule has 0 aliphatic carbocycles. The van der Waals surface area contributed by atoms with Crippen molar-refractivity contribution in [3.8, 4) is 0 Å². The van der Waals surface area contributed by atoms with Crippen molar-refractivity contribution < 1.29 is 32.5 Å². The van der Waals surface area contributed by atoms with Crippen molar-refractivity contribution >= 4 is 10.4 Å². The fourth-order valence-corrected chi connectivity index (χ4v) is 0.848. The Labute approximate surface area is 69.2 Å². The van der Waals surface area contributed by atoms with Gasteiger partial charge in [0.05, 0.1) is 19.1 Å². The summed E-state index contributed by atoms with van der Waals surface area (Å²) in [6.45, 7) is -1.32. The van der Waals surface area contributed by atoms with Crippen LogP contribution in [0.4, 0.5) is 0 Å². The molecule has 0 saturated heterocycles. The first kappa shape index (κ1) is 11.8. The average Bonchev–Trinajstić information content (AvgIpc) is 1.85. The van der Waals surface area contributed by atoms with E-state index in [1.54, 1.807) is 0 Å². The molecule has 0 rings (SSSR count). The summed E-state index contributed by atoms with van der Waals surface area (Å²) in [5.74, 6) is -1.16. The van der Waals surface area contributed by atoms with E-state index in [2.05, 4.69) is 4.18 Å². The molecule has 0 spiro atoms.